The third-order valence-electron chi connectivity index (χ3n) is 4.56. The van der Waals surface area contributed by atoms with Crippen LogP contribution >= 0.6 is 0 Å². The van der Waals surface area contributed by atoms with Gasteiger partial charge in [-0.2, -0.15) is 5.10 Å². The van der Waals surface area contributed by atoms with Gasteiger partial charge in [0.1, 0.15) is 11.4 Å². The molecule has 0 aliphatic rings. The quantitative estimate of drug-likeness (QED) is 0.569. The minimum Gasteiger partial charge on any atom is -0.496 e. The number of aryl methyl sites for hydroxylation is 1. The van der Waals surface area contributed by atoms with Gasteiger partial charge in [-0.3, -0.25) is 9.67 Å². The average Bonchev–Trinajstić information content (AvgIpc) is 3.21. The molecule has 7 nitrogen and oxygen atoms in total. The molecule has 0 spiro atoms. The maximum absolute atomic E-state index is 5.59. The first-order valence-corrected chi connectivity index (χ1v) is 9.40. The van der Waals surface area contributed by atoms with Crippen LogP contribution in [0.25, 0.3) is 11.3 Å². The van der Waals surface area contributed by atoms with Crippen molar-refractivity contribution in [3.8, 4) is 17.0 Å². The Balaban J connectivity index is 1.74. The van der Waals surface area contributed by atoms with Gasteiger partial charge in [0.25, 0.3) is 0 Å². The zero-order valence-electron chi connectivity index (χ0n) is 17.0. The van der Waals surface area contributed by atoms with E-state index in [1.54, 1.807) is 19.5 Å². The van der Waals surface area contributed by atoms with Crippen LogP contribution in [0.2, 0.25) is 0 Å². The summed E-state index contributed by atoms with van der Waals surface area (Å²) >= 11 is 0. The van der Waals surface area contributed by atoms with E-state index in [0.29, 0.717) is 0 Å². The lowest BCUT2D eigenvalue weighted by Crippen LogP contribution is -2.20. The second-order valence-corrected chi connectivity index (χ2v) is 7.02. The number of hydrogen-bond acceptors (Lipinski definition) is 6. The molecule has 3 aromatic rings. The molecule has 2 heterocycles. The molecule has 2 aromatic heterocycles. The van der Waals surface area contributed by atoms with Gasteiger partial charge in [0.15, 0.2) is 5.82 Å². The summed E-state index contributed by atoms with van der Waals surface area (Å²) in [6.45, 7) is 2.78. The summed E-state index contributed by atoms with van der Waals surface area (Å²) in [7, 11) is 7.76. The van der Waals surface area contributed by atoms with Crippen molar-refractivity contribution in [2.24, 2.45) is 0 Å². The highest BCUT2D eigenvalue weighted by molar-refractivity contribution is 5.77. The molecule has 3 rings (SSSR count). The van der Waals surface area contributed by atoms with Crippen LogP contribution in [-0.2, 0) is 13.1 Å². The second kappa shape index (κ2) is 9.32. The number of aromatic nitrogens is 4. The van der Waals surface area contributed by atoms with Crippen LogP contribution in [0.15, 0.2) is 49.1 Å². The van der Waals surface area contributed by atoms with Crippen molar-refractivity contribution in [2.75, 3.05) is 39.7 Å². The van der Waals surface area contributed by atoms with E-state index in [4.69, 9.17) is 4.74 Å². The zero-order chi connectivity index (χ0) is 19.9. The van der Waals surface area contributed by atoms with Crippen LogP contribution in [0.4, 0.5) is 5.82 Å². The Morgan fingerprint density at radius 1 is 1.07 bits per heavy atom. The maximum atomic E-state index is 5.59. The standard InChI is InChI=1S/C21H28N6O/c1-25(2)21-20(22-10-11-23-21)18-15-17(7-8-19(18)28-4)16-26(3)12-6-14-27-13-5-9-24-27/h5,7-11,13,15H,6,12,14,16H2,1-4H3. The SMILES string of the molecule is COc1ccc(CN(C)CCCn2cccn2)cc1-c1nccnc1N(C)C. The largest absolute Gasteiger partial charge is 0.496 e. The molecule has 0 saturated heterocycles. The zero-order valence-corrected chi connectivity index (χ0v) is 17.0. The van der Waals surface area contributed by atoms with Crippen LogP contribution in [0.1, 0.15) is 12.0 Å². The Labute approximate surface area is 166 Å². The van der Waals surface area contributed by atoms with Gasteiger partial charge in [-0.25, -0.2) is 4.98 Å². The number of methoxy groups -OCH3 is 1. The van der Waals surface area contributed by atoms with E-state index in [-0.39, 0.29) is 0 Å². The molecule has 7 heteroatoms. The van der Waals surface area contributed by atoms with Crippen LogP contribution in [0, 0.1) is 0 Å². The summed E-state index contributed by atoms with van der Waals surface area (Å²) in [5.41, 5.74) is 3.00. The molecule has 0 amide bonds. The molecule has 28 heavy (non-hydrogen) atoms. The highest BCUT2D eigenvalue weighted by atomic mass is 16.5. The van der Waals surface area contributed by atoms with Crippen molar-refractivity contribution in [1.29, 1.82) is 0 Å². The van der Waals surface area contributed by atoms with Gasteiger partial charge in [-0.15, -0.1) is 0 Å². The van der Waals surface area contributed by atoms with Crippen molar-refractivity contribution in [2.45, 2.75) is 19.5 Å². The van der Waals surface area contributed by atoms with Crippen LogP contribution in [-0.4, -0.2) is 59.4 Å². The number of anilines is 1. The van der Waals surface area contributed by atoms with Crippen molar-refractivity contribution in [1.82, 2.24) is 24.6 Å². The van der Waals surface area contributed by atoms with E-state index in [9.17, 15) is 0 Å². The van der Waals surface area contributed by atoms with Gasteiger partial charge in [0.05, 0.1) is 7.11 Å². The Hall–Kier alpha value is -2.93. The fraction of sp³-hybridized carbons (Fsp3) is 0.381. The Kier molecular flexibility index (Phi) is 6.60. The van der Waals surface area contributed by atoms with Crippen LogP contribution in [0.5, 0.6) is 5.75 Å². The highest BCUT2D eigenvalue weighted by Gasteiger charge is 2.15. The van der Waals surface area contributed by atoms with E-state index in [1.807, 2.05) is 48.2 Å². The topological polar surface area (TPSA) is 59.3 Å². The number of nitrogens with zero attached hydrogens (tertiary/aromatic N) is 6. The minimum atomic E-state index is 0.800. The first-order chi connectivity index (χ1) is 13.6. The first-order valence-electron chi connectivity index (χ1n) is 9.40. The second-order valence-electron chi connectivity index (χ2n) is 7.02. The fourth-order valence-corrected chi connectivity index (χ4v) is 3.21. The summed E-state index contributed by atoms with van der Waals surface area (Å²) in [6, 6.07) is 8.23. The molecule has 0 bridgehead atoms. The summed E-state index contributed by atoms with van der Waals surface area (Å²) in [5, 5.41) is 4.25. The van der Waals surface area contributed by atoms with E-state index < -0.39 is 0 Å². The molecule has 0 atom stereocenters. The number of hydrogen-bond donors (Lipinski definition) is 0. The summed E-state index contributed by atoms with van der Waals surface area (Å²) < 4.78 is 7.56. The van der Waals surface area contributed by atoms with E-state index in [0.717, 1.165) is 48.9 Å². The Bertz CT molecular complexity index is 878. The van der Waals surface area contributed by atoms with Gasteiger partial charge in [0, 0.05) is 57.5 Å². The van der Waals surface area contributed by atoms with Gasteiger partial charge >= 0.3 is 0 Å². The molecule has 0 aliphatic carbocycles. The van der Waals surface area contributed by atoms with Crippen molar-refractivity contribution in [3.63, 3.8) is 0 Å². The molecule has 0 radical (unpaired) electrons. The normalized spacial score (nSPS) is 11.0. The molecule has 0 N–H and O–H groups in total. The van der Waals surface area contributed by atoms with Gasteiger partial charge in [-0.1, -0.05) is 6.07 Å². The van der Waals surface area contributed by atoms with Crippen molar-refractivity contribution >= 4 is 5.82 Å². The first kappa shape index (κ1) is 19.8. The predicted octanol–water partition coefficient (Wildman–Crippen LogP) is 2.94. The van der Waals surface area contributed by atoms with Crippen LogP contribution < -0.4 is 9.64 Å². The van der Waals surface area contributed by atoms with Crippen LogP contribution in [0.3, 0.4) is 0 Å². The molecule has 0 saturated carbocycles. The highest BCUT2D eigenvalue weighted by Crippen LogP contribution is 2.34. The summed E-state index contributed by atoms with van der Waals surface area (Å²) in [5.74, 6) is 1.62. The van der Waals surface area contributed by atoms with Crippen molar-refractivity contribution < 1.29 is 4.74 Å². The number of benzene rings is 1. The van der Waals surface area contributed by atoms with Crippen molar-refractivity contribution in [3.05, 3.63) is 54.6 Å². The Morgan fingerprint density at radius 3 is 2.61 bits per heavy atom. The molecule has 0 aliphatic heterocycles. The van der Waals surface area contributed by atoms with E-state index >= 15 is 0 Å². The number of rotatable bonds is 9. The molecule has 0 unspecified atom stereocenters. The summed E-state index contributed by atoms with van der Waals surface area (Å²) in [4.78, 5) is 13.3. The smallest absolute Gasteiger partial charge is 0.154 e. The summed E-state index contributed by atoms with van der Waals surface area (Å²) in [6.07, 6.45) is 8.30. The predicted molar refractivity (Wildman–Crippen MR) is 112 cm³/mol. The molecular formula is C21H28N6O. The average molecular weight is 380 g/mol. The monoisotopic (exact) mass is 380 g/mol. The lowest BCUT2D eigenvalue weighted by Gasteiger charge is -2.19. The van der Waals surface area contributed by atoms with Gasteiger partial charge in [-0.05, 0) is 43.8 Å². The van der Waals surface area contributed by atoms with Gasteiger partial charge < -0.3 is 14.5 Å². The lowest BCUT2D eigenvalue weighted by atomic mass is 10.1. The number of ether oxygens (including phenoxy) is 1. The molecule has 1 aromatic carbocycles. The third kappa shape index (κ3) is 4.86. The Morgan fingerprint density at radius 2 is 1.89 bits per heavy atom. The molecule has 0 fully saturated rings. The van der Waals surface area contributed by atoms with E-state index in [1.165, 1.54) is 5.56 Å². The fourth-order valence-electron chi connectivity index (χ4n) is 3.21. The van der Waals surface area contributed by atoms with Gasteiger partial charge in [0.2, 0.25) is 0 Å². The molecular weight excluding hydrogens is 352 g/mol. The lowest BCUT2D eigenvalue weighted by molar-refractivity contribution is 0.311. The van der Waals surface area contributed by atoms with E-state index in [2.05, 4.69) is 39.1 Å². The third-order valence-corrected chi connectivity index (χ3v) is 4.56. The molecule has 148 valence electrons. The minimum absolute atomic E-state index is 0.800. The maximum Gasteiger partial charge on any atom is 0.154 e.